The normalized spacial score (nSPS) is 14.5. The third-order valence-electron chi connectivity index (χ3n) is 5.29. The molecule has 1 N–H and O–H groups in total. The second kappa shape index (κ2) is 11.0. The molecule has 0 atom stereocenters. The van der Waals surface area contributed by atoms with E-state index in [0.29, 0.717) is 36.4 Å². The van der Waals surface area contributed by atoms with Crippen molar-refractivity contribution in [2.24, 2.45) is 0 Å². The van der Waals surface area contributed by atoms with E-state index in [0.717, 1.165) is 22.7 Å². The summed E-state index contributed by atoms with van der Waals surface area (Å²) < 4.78 is 33.5. The number of benzene rings is 2. The molecule has 1 amide bonds. The van der Waals surface area contributed by atoms with E-state index in [2.05, 4.69) is 5.32 Å². The molecular weight excluding hydrogens is 436 g/mol. The molecule has 0 aromatic heterocycles. The van der Waals surface area contributed by atoms with Crippen LogP contribution in [0.2, 0.25) is 5.02 Å². The van der Waals surface area contributed by atoms with Crippen LogP contribution in [-0.2, 0) is 19.6 Å². The van der Waals surface area contributed by atoms with Gasteiger partial charge in [-0.2, -0.15) is 0 Å². The maximum atomic E-state index is 13.3. The fourth-order valence-electron chi connectivity index (χ4n) is 3.58. The summed E-state index contributed by atoms with van der Waals surface area (Å²) >= 11 is 6.08. The number of nitrogens with zero attached hydrogens (tertiary/aromatic N) is 1. The van der Waals surface area contributed by atoms with Crippen molar-refractivity contribution in [1.82, 2.24) is 5.32 Å². The van der Waals surface area contributed by atoms with Crippen molar-refractivity contribution >= 4 is 33.2 Å². The van der Waals surface area contributed by atoms with Crippen molar-refractivity contribution in [3.8, 4) is 0 Å². The summed E-state index contributed by atoms with van der Waals surface area (Å²) in [7, 11) is -3.94. The van der Waals surface area contributed by atoms with Gasteiger partial charge in [0.05, 0.1) is 16.7 Å². The van der Waals surface area contributed by atoms with E-state index in [4.69, 9.17) is 16.3 Å². The van der Waals surface area contributed by atoms with Crippen molar-refractivity contribution < 1.29 is 17.9 Å². The molecule has 0 heterocycles. The Morgan fingerprint density at radius 3 is 2.55 bits per heavy atom. The Morgan fingerprint density at radius 1 is 1.16 bits per heavy atom. The molecule has 1 aliphatic rings. The van der Waals surface area contributed by atoms with Crippen molar-refractivity contribution in [2.75, 3.05) is 24.0 Å². The van der Waals surface area contributed by atoms with E-state index < -0.39 is 10.0 Å². The van der Waals surface area contributed by atoms with E-state index in [1.165, 1.54) is 18.9 Å². The van der Waals surface area contributed by atoms with Crippen LogP contribution in [0.15, 0.2) is 53.4 Å². The zero-order valence-corrected chi connectivity index (χ0v) is 19.3. The van der Waals surface area contributed by atoms with Gasteiger partial charge in [0, 0.05) is 18.2 Å². The number of ether oxygens (including phenoxy) is 1. The molecule has 3 rings (SSSR count). The number of anilines is 1. The monoisotopic (exact) mass is 464 g/mol. The van der Waals surface area contributed by atoms with Crippen molar-refractivity contribution in [3.05, 3.63) is 59.1 Å². The van der Waals surface area contributed by atoms with Gasteiger partial charge in [-0.25, -0.2) is 8.42 Å². The van der Waals surface area contributed by atoms with Crippen molar-refractivity contribution in [1.29, 1.82) is 0 Å². The zero-order chi connectivity index (χ0) is 22.3. The van der Waals surface area contributed by atoms with Crippen LogP contribution in [0.25, 0.3) is 0 Å². The zero-order valence-electron chi connectivity index (χ0n) is 17.7. The first kappa shape index (κ1) is 23.6. The Bertz CT molecular complexity index is 973. The minimum absolute atomic E-state index is 0.121. The number of amides is 1. The number of aryl methyl sites for hydroxylation is 1. The van der Waals surface area contributed by atoms with Crippen LogP contribution in [0.3, 0.4) is 0 Å². The van der Waals surface area contributed by atoms with E-state index in [-0.39, 0.29) is 17.3 Å². The lowest BCUT2D eigenvalue weighted by Crippen LogP contribution is -2.41. The molecule has 1 fully saturated rings. The largest absolute Gasteiger partial charge is 0.378 e. The third kappa shape index (κ3) is 6.69. The van der Waals surface area contributed by atoms with Crippen LogP contribution in [0, 0.1) is 6.92 Å². The highest BCUT2D eigenvalue weighted by atomic mass is 35.5. The molecule has 31 heavy (non-hydrogen) atoms. The number of carbonyl (C=O) groups excluding carboxylic acids is 1. The lowest BCUT2D eigenvalue weighted by atomic mass is 10.2. The smallest absolute Gasteiger partial charge is 0.264 e. The van der Waals surface area contributed by atoms with Gasteiger partial charge < -0.3 is 10.1 Å². The van der Waals surface area contributed by atoms with Gasteiger partial charge >= 0.3 is 0 Å². The van der Waals surface area contributed by atoms with Gasteiger partial charge in [-0.3, -0.25) is 9.10 Å². The number of nitrogens with one attached hydrogen (secondary N) is 1. The summed E-state index contributed by atoms with van der Waals surface area (Å²) in [5.74, 6) is -0.378. The summed E-state index contributed by atoms with van der Waals surface area (Å²) in [5, 5.41) is 3.19. The molecule has 1 aliphatic carbocycles. The maximum Gasteiger partial charge on any atom is 0.264 e. The summed E-state index contributed by atoms with van der Waals surface area (Å²) in [6.07, 6.45) is 5.68. The van der Waals surface area contributed by atoms with E-state index in [1.54, 1.807) is 42.5 Å². The summed E-state index contributed by atoms with van der Waals surface area (Å²) in [5.41, 5.74) is 1.29. The Kier molecular flexibility index (Phi) is 8.35. The van der Waals surface area contributed by atoms with Gasteiger partial charge in [0.15, 0.2) is 0 Å². The number of hydrogen-bond donors (Lipinski definition) is 1. The number of sulfonamides is 1. The number of halogens is 1. The number of rotatable bonds is 10. The van der Waals surface area contributed by atoms with Crippen LogP contribution >= 0.6 is 11.6 Å². The van der Waals surface area contributed by atoms with Gasteiger partial charge in [-0.1, -0.05) is 48.2 Å². The van der Waals surface area contributed by atoms with Gasteiger partial charge in [-0.05, 0) is 56.5 Å². The SMILES string of the molecule is Cc1ccc(S(=O)(=O)N(CC(=O)NCCCOC2CCCC2)c2cccc(Cl)c2)cc1. The first-order valence-electron chi connectivity index (χ1n) is 10.6. The third-order valence-corrected chi connectivity index (χ3v) is 7.31. The lowest BCUT2D eigenvalue weighted by molar-refractivity contribution is -0.119. The second-order valence-electron chi connectivity index (χ2n) is 7.79. The predicted octanol–water partition coefficient (Wildman–Crippen LogP) is 4.31. The fourth-order valence-corrected chi connectivity index (χ4v) is 5.17. The average Bonchev–Trinajstić information content (AvgIpc) is 3.25. The highest BCUT2D eigenvalue weighted by Crippen LogP contribution is 2.26. The average molecular weight is 465 g/mol. The summed E-state index contributed by atoms with van der Waals surface area (Å²) in [4.78, 5) is 12.7. The second-order valence-corrected chi connectivity index (χ2v) is 10.1. The Labute approximate surface area is 189 Å². The van der Waals surface area contributed by atoms with Gasteiger partial charge in [0.1, 0.15) is 6.54 Å². The summed E-state index contributed by atoms with van der Waals surface area (Å²) in [6, 6.07) is 13.0. The Hall–Kier alpha value is -2.09. The Balaban J connectivity index is 1.65. The quantitative estimate of drug-likeness (QED) is 0.531. The molecule has 0 aliphatic heterocycles. The number of carbonyl (C=O) groups is 1. The molecule has 1 saturated carbocycles. The molecule has 0 radical (unpaired) electrons. The summed E-state index contributed by atoms with van der Waals surface area (Å²) in [6.45, 7) is 2.57. The highest BCUT2D eigenvalue weighted by Gasteiger charge is 2.27. The minimum atomic E-state index is -3.94. The lowest BCUT2D eigenvalue weighted by Gasteiger charge is -2.24. The minimum Gasteiger partial charge on any atom is -0.378 e. The molecule has 2 aromatic carbocycles. The molecule has 0 saturated heterocycles. The maximum absolute atomic E-state index is 13.3. The van der Waals surface area contributed by atoms with Crippen LogP contribution in [-0.4, -0.2) is 40.1 Å². The predicted molar refractivity (Wildman–Crippen MR) is 123 cm³/mol. The molecule has 0 spiro atoms. The van der Waals surface area contributed by atoms with Crippen molar-refractivity contribution in [2.45, 2.75) is 50.0 Å². The van der Waals surface area contributed by atoms with Crippen LogP contribution < -0.4 is 9.62 Å². The molecule has 8 heteroatoms. The van der Waals surface area contributed by atoms with E-state index >= 15 is 0 Å². The number of hydrogen-bond acceptors (Lipinski definition) is 4. The van der Waals surface area contributed by atoms with Crippen LogP contribution in [0.5, 0.6) is 0 Å². The first-order chi connectivity index (χ1) is 14.9. The molecule has 6 nitrogen and oxygen atoms in total. The van der Waals surface area contributed by atoms with Gasteiger partial charge in [-0.15, -0.1) is 0 Å². The van der Waals surface area contributed by atoms with Crippen LogP contribution in [0.1, 0.15) is 37.7 Å². The standard InChI is InChI=1S/C23H29ClN2O4S/c1-18-10-12-22(13-11-18)31(28,29)26(20-7-4-6-19(24)16-20)17-23(27)25-14-5-15-30-21-8-2-3-9-21/h4,6-7,10-13,16,21H,2-3,5,8-9,14-15,17H2,1H3,(H,25,27). The molecule has 0 bridgehead atoms. The fraction of sp³-hybridized carbons (Fsp3) is 0.435. The van der Waals surface area contributed by atoms with Gasteiger partial charge in [0.25, 0.3) is 10.0 Å². The highest BCUT2D eigenvalue weighted by molar-refractivity contribution is 7.92. The molecule has 2 aromatic rings. The van der Waals surface area contributed by atoms with Crippen LogP contribution in [0.4, 0.5) is 5.69 Å². The topological polar surface area (TPSA) is 75.7 Å². The Morgan fingerprint density at radius 2 is 1.87 bits per heavy atom. The first-order valence-corrected chi connectivity index (χ1v) is 12.4. The van der Waals surface area contributed by atoms with Crippen molar-refractivity contribution in [3.63, 3.8) is 0 Å². The molecular formula is C23H29ClN2O4S. The molecule has 168 valence electrons. The van der Waals surface area contributed by atoms with E-state index in [9.17, 15) is 13.2 Å². The van der Waals surface area contributed by atoms with Gasteiger partial charge in [0.2, 0.25) is 5.91 Å². The van der Waals surface area contributed by atoms with E-state index in [1.807, 2.05) is 6.92 Å². The molecule has 0 unspecified atom stereocenters.